The van der Waals surface area contributed by atoms with Crippen LogP contribution in [-0.4, -0.2) is 21.9 Å². The Morgan fingerprint density at radius 3 is 2.75 bits per heavy atom. The summed E-state index contributed by atoms with van der Waals surface area (Å²) >= 11 is 1.68. The molecule has 5 nitrogen and oxygen atoms in total. The molecule has 2 fully saturated rings. The Bertz CT molecular complexity index is 1080. The van der Waals surface area contributed by atoms with E-state index in [2.05, 4.69) is 45.1 Å². The molecular weight excluding hydrogens is 368 g/mol. The molecule has 0 atom stereocenters. The largest absolute Gasteiger partial charge is 0.366 e. The third-order valence-electron chi connectivity index (χ3n) is 5.24. The SMILES string of the molecule is Cc1ccc(NC(=O)C2CC2)cc1C=Cc1csc2c(NC3CC3)ncnc12. The molecule has 142 valence electrons. The van der Waals surface area contributed by atoms with Crippen LogP contribution in [0.4, 0.5) is 11.5 Å². The van der Waals surface area contributed by atoms with E-state index in [-0.39, 0.29) is 11.8 Å². The van der Waals surface area contributed by atoms with E-state index in [1.807, 2.05) is 18.2 Å². The Labute approximate surface area is 167 Å². The van der Waals surface area contributed by atoms with Gasteiger partial charge in [-0.3, -0.25) is 4.79 Å². The van der Waals surface area contributed by atoms with Crippen LogP contribution in [0.3, 0.4) is 0 Å². The van der Waals surface area contributed by atoms with E-state index in [4.69, 9.17) is 0 Å². The van der Waals surface area contributed by atoms with Crippen LogP contribution in [-0.2, 0) is 4.79 Å². The average molecular weight is 391 g/mol. The lowest BCUT2D eigenvalue weighted by molar-refractivity contribution is -0.117. The topological polar surface area (TPSA) is 66.9 Å². The first-order chi connectivity index (χ1) is 13.7. The summed E-state index contributed by atoms with van der Waals surface area (Å²) in [6.45, 7) is 2.08. The van der Waals surface area contributed by atoms with E-state index in [0.717, 1.165) is 45.7 Å². The van der Waals surface area contributed by atoms with Crippen molar-refractivity contribution in [1.82, 2.24) is 9.97 Å². The van der Waals surface area contributed by atoms with Crippen molar-refractivity contribution >= 4 is 51.1 Å². The Morgan fingerprint density at radius 2 is 1.96 bits per heavy atom. The molecule has 0 radical (unpaired) electrons. The molecule has 0 spiro atoms. The van der Waals surface area contributed by atoms with Crippen molar-refractivity contribution in [2.75, 3.05) is 10.6 Å². The molecule has 28 heavy (non-hydrogen) atoms. The van der Waals surface area contributed by atoms with E-state index in [9.17, 15) is 4.79 Å². The molecule has 5 rings (SSSR count). The minimum atomic E-state index is 0.134. The summed E-state index contributed by atoms with van der Waals surface area (Å²) in [5.41, 5.74) is 5.20. The van der Waals surface area contributed by atoms with Gasteiger partial charge in [-0.1, -0.05) is 18.2 Å². The highest BCUT2D eigenvalue weighted by Gasteiger charge is 2.29. The monoisotopic (exact) mass is 390 g/mol. The van der Waals surface area contributed by atoms with Gasteiger partial charge in [0, 0.05) is 28.6 Å². The maximum atomic E-state index is 12.0. The summed E-state index contributed by atoms with van der Waals surface area (Å²) in [7, 11) is 0. The second-order valence-electron chi connectivity index (χ2n) is 7.68. The molecule has 0 bridgehead atoms. The zero-order chi connectivity index (χ0) is 19.1. The minimum absolute atomic E-state index is 0.134. The van der Waals surface area contributed by atoms with Crippen LogP contribution >= 0.6 is 11.3 Å². The number of benzene rings is 1. The number of hydrogen-bond donors (Lipinski definition) is 2. The molecular formula is C22H22N4OS. The molecule has 2 aliphatic carbocycles. The van der Waals surface area contributed by atoms with E-state index in [1.54, 1.807) is 17.7 Å². The van der Waals surface area contributed by atoms with Crippen molar-refractivity contribution in [2.24, 2.45) is 5.92 Å². The molecule has 0 saturated heterocycles. The maximum absolute atomic E-state index is 12.0. The van der Waals surface area contributed by atoms with Crippen LogP contribution in [0.25, 0.3) is 22.4 Å². The van der Waals surface area contributed by atoms with Gasteiger partial charge in [0.05, 0.1) is 10.2 Å². The first-order valence-electron chi connectivity index (χ1n) is 9.76. The molecule has 2 saturated carbocycles. The van der Waals surface area contributed by atoms with Gasteiger partial charge in [0.2, 0.25) is 5.91 Å². The number of fused-ring (bicyclic) bond motifs is 1. The number of thiophene rings is 1. The summed E-state index contributed by atoms with van der Waals surface area (Å²) in [5, 5.41) is 8.64. The Balaban J connectivity index is 1.40. The number of nitrogens with one attached hydrogen (secondary N) is 2. The van der Waals surface area contributed by atoms with Crippen LogP contribution in [0.5, 0.6) is 0 Å². The molecule has 6 heteroatoms. The highest BCUT2D eigenvalue weighted by molar-refractivity contribution is 7.18. The van der Waals surface area contributed by atoms with Gasteiger partial charge in [-0.25, -0.2) is 9.97 Å². The molecule has 0 unspecified atom stereocenters. The number of carbonyl (C=O) groups excluding carboxylic acids is 1. The van der Waals surface area contributed by atoms with Gasteiger partial charge in [0.1, 0.15) is 12.1 Å². The summed E-state index contributed by atoms with van der Waals surface area (Å²) in [4.78, 5) is 20.9. The average Bonchev–Trinajstić information content (AvgIpc) is 3.61. The van der Waals surface area contributed by atoms with Gasteiger partial charge >= 0.3 is 0 Å². The van der Waals surface area contributed by atoms with Crippen molar-refractivity contribution in [3.05, 3.63) is 46.6 Å². The fourth-order valence-electron chi connectivity index (χ4n) is 3.18. The third kappa shape index (κ3) is 3.64. The van der Waals surface area contributed by atoms with Gasteiger partial charge in [-0.05, 0) is 55.9 Å². The lowest BCUT2D eigenvalue weighted by Crippen LogP contribution is -2.13. The highest BCUT2D eigenvalue weighted by atomic mass is 32.1. The molecule has 2 N–H and O–H groups in total. The van der Waals surface area contributed by atoms with Gasteiger partial charge in [0.25, 0.3) is 0 Å². The first kappa shape index (κ1) is 17.4. The number of anilines is 2. The second kappa shape index (κ2) is 7.02. The van der Waals surface area contributed by atoms with E-state index >= 15 is 0 Å². The molecule has 2 heterocycles. The number of nitrogens with zero attached hydrogens (tertiary/aromatic N) is 2. The van der Waals surface area contributed by atoms with Gasteiger partial charge < -0.3 is 10.6 Å². The third-order valence-corrected chi connectivity index (χ3v) is 6.23. The normalized spacial score (nSPS) is 16.6. The smallest absolute Gasteiger partial charge is 0.227 e. The highest BCUT2D eigenvalue weighted by Crippen LogP contribution is 2.34. The minimum Gasteiger partial charge on any atom is -0.366 e. The number of carbonyl (C=O) groups is 1. The number of aryl methyl sites for hydroxylation is 1. The quantitative estimate of drug-likeness (QED) is 0.615. The summed E-state index contributed by atoms with van der Waals surface area (Å²) in [5.74, 6) is 1.28. The van der Waals surface area contributed by atoms with Gasteiger partial charge in [-0.2, -0.15) is 0 Å². The first-order valence-corrected chi connectivity index (χ1v) is 10.6. The van der Waals surface area contributed by atoms with Gasteiger partial charge in [-0.15, -0.1) is 11.3 Å². The van der Waals surface area contributed by atoms with Crippen LogP contribution in [0.15, 0.2) is 29.9 Å². The fraction of sp³-hybridized carbons (Fsp3) is 0.318. The van der Waals surface area contributed by atoms with Crippen molar-refractivity contribution in [3.8, 4) is 0 Å². The van der Waals surface area contributed by atoms with Gasteiger partial charge in [0.15, 0.2) is 0 Å². The molecule has 3 aromatic rings. The molecule has 2 aliphatic rings. The van der Waals surface area contributed by atoms with Crippen LogP contribution in [0.2, 0.25) is 0 Å². The number of rotatable bonds is 6. The predicted molar refractivity (Wildman–Crippen MR) is 116 cm³/mol. The lowest BCUT2D eigenvalue weighted by Gasteiger charge is -2.07. The zero-order valence-electron chi connectivity index (χ0n) is 15.7. The Hall–Kier alpha value is -2.73. The van der Waals surface area contributed by atoms with Crippen LogP contribution in [0, 0.1) is 12.8 Å². The molecule has 2 aromatic heterocycles. The number of amides is 1. The maximum Gasteiger partial charge on any atom is 0.227 e. The number of hydrogen-bond acceptors (Lipinski definition) is 5. The zero-order valence-corrected chi connectivity index (χ0v) is 16.6. The summed E-state index contributed by atoms with van der Waals surface area (Å²) < 4.78 is 1.11. The van der Waals surface area contributed by atoms with Crippen molar-refractivity contribution < 1.29 is 4.79 Å². The van der Waals surface area contributed by atoms with E-state index in [1.165, 1.54) is 18.4 Å². The second-order valence-corrected chi connectivity index (χ2v) is 8.56. The van der Waals surface area contributed by atoms with Crippen LogP contribution < -0.4 is 10.6 Å². The Kier molecular flexibility index (Phi) is 4.36. The Morgan fingerprint density at radius 1 is 1.14 bits per heavy atom. The van der Waals surface area contributed by atoms with Crippen molar-refractivity contribution in [3.63, 3.8) is 0 Å². The molecule has 0 aliphatic heterocycles. The summed E-state index contributed by atoms with van der Waals surface area (Å²) in [6.07, 6.45) is 10.3. The molecule has 1 aromatic carbocycles. The lowest BCUT2D eigenvalue weighted by atomic mass is 10.1. The van der Waals surface area contributed by atoms with Crippen molar-refractivity contribution in [2.45, 2.75) is 38.6 Å². The summed E-state index contributed by atoms with van der Waals surface area (Å²) in [6, 6.07) is 6.62. The van der Waals surface area contributed by atoms with Crippen LogP contribution in [0.1, 0.15) is 42.4 Å². The van der Waals surface area contributed by atoms with Crippen molar-refractivity contribution in [1.29, 1.82) is 0 Å². The standard InChI is InChI=1S/C22H22N4OS/c1-13-2-7-18(26-22(27)14-3-4-14)10-15(13)5-6-16-11-28-20-19(16)23-12-24-21(20)25-17-8-9-17/h2,5-7,10-12,14,17H,3-4,8-9H2,1H3,(H,26,27)(H,23,24,25). The van der Waals surface area contributed by atoms with E-state index in [0.29, 0.717) is 6.04 Å². The predicted octanol–water partition coefficient (Wildman–Crippen LogP) is 5.09. The fourth-order valence-corrected chi connectivity index (χ4v) is 4.12. The molecule has 1 amide bonds. The van der Waals surface area contributed by atoms with E-state index < -0.39 is 0 Å². The number of aromatic nitrogens is 2.